The Kier molecular flexibility index (Phi) is 4.53. The van der Waals surface area contributed by atoms with Gasteiger partial charge in [-0.3, -0.25) is 4.90 Å². The molecule has 0 bridgehead atoms. The summed E-state index contributed by atoms with van der Waals surface area (Å²) in [5, 5.41) is 0. The first-order chi connectivity index (χ1) is 9.06. The van der Waals surface area contributed by atoms with Gasteiger partial charge >= 0.3 is 0 Å². The van der Waals surface area contributed by atoms with E-state index in [2.05, 4.69) is 18.7 Å². The third-order valence-corrected chi connectivity index (χ3v) is 4.06. The molecule has 2 rings (SSSR count). The highest BCUT2D eigenvalue weighted by Gasteiger charge is 2.36. The van der Waals surface area contributed by atoms with Crippen molar-refractivity contribution in [2.24, 2.45) is 11.7 Å². The smallest absolute Gasteiger partial charge is 0.130 e. The van der Waals surface area contributed by atoms with E-state index in [-0.39, 0.29) is 23.6 Å². The van der Waals surface area contributed by atoms with Gasteiger partial charge in [0.25, 0.3) is 0 Å². The molecule has 0 aliphatic carbocycles. The van der Waals surface area contributed by atoms with Crippen molar-refractivity contribution in [2.75, 3.05) is 13.1 Å². The number of piperidine rings is 1. The number of hydrogen-bond acceptors (Lipinski definition) is 2. The molecule has 2 nitrogen and oxygen atoms in total. The summed E-state index contributed by atoms with van der Waals surface area (Å²) >= 11 is 0. The van der Waals surface area contributed by atoms with Gasteiger partial charge in [0.05, 0.1) is 0 Å². The SMILES string of the molecule is CC(C)N1CCCC(CN)C1c1c(F)cccc1F. The van der Waals surface area contributed by atoms with Gasteiger partial charge in [-0.05, 0) is 57.8 Å². The number of hydrogen-bond donors (Lipinski definition) is 1. The van der Waals surface area contributed by atoms with Crippen LogP contribution in [0.4, 0.5) is 8.78 Å². The molecule has 1 fully saturated rings. The van der Waals surface area contributed by atoms with Crippen molar-refractivity contribution in [3.8, 4) is 0 Å². The highest BCUT2D eigenvalue weighted by atomic mass is 19.1. The molecular weight excluding hydrogens is 246 g/mol. The first-order valence-corrected chi connectivity index (χ1v) is 6.96. The Hall–Kier alpha value is -1.00. The quantitative estimate of drug-likeness (QED) is 0.912. The zero-order valence-electron chi connectivity index (χ0n) is 11.6. The van der Waals surface area contributed by atoms with Gasteiger partial charge in [-0.15, -0.1) is 0 Å². The molecule has 0 amide bonds. The predicted octanol–water partition coefficient (Wildman–Crippen LogP) is 3.09. The lowest BCUT2D eigenvalue weighted by atomic mass is 9.83. The minimum Gasteiger partial charge on any atom is -0.330 e. The Morgan fingerprint density at radius 3 is 2.47 bits per heavy atom. The van der Waals surface area contributed by atoms with E-state index in [0.29, 0.717) is 6.54 Å². The topological polar surface area (TPSA) is 29.3 Å². The Labute approximate surface area is 113 Å². The molecule has 1 aliphatic rings. The maximum absolute atomic E-state index is 14.1. The molecule has 1 saturated heterocycles. The fourth-order valence-corrected chi connectivity index (χ4v) is 3.12. The van der Waals surface area contributed by atoms with E-state index >= 15 is 0 Å². The van der Waals surface area contributed by atoms with Crippen molar-refractivity contribution in [1.82, 2.24) is 4.90 Å². The van der Waals surface area contributed by atoms with Crippen molar-refractivity contribution < 1.29 is 8.78 Å². The summed E-state index contributed by atoms with van der Waals surface area (Å²) in [6, 6.07) is 4.07. The van der Waals surface area contributed by atoms with E-state index in [0.717, 1.165) is 19.4 Å². The van der Waals surface area contributed by atoms with Crippen LogP contribution in [0.1, 0.15) is 38.3 Å². The van der Waals surface area contributed by atoms with Crippen molar-refractivity contribution in [3.63, 3.8) is 0 Å². The van der Waals surface area contributed by atoms with Crippen LogP contribution in [0, 0.1) is 17.6 Å². The van der Waals surface area contributed by atoms with Crippen molar-refractivity contribution in [2.45, 2.75) is 38.8 Å². The predicted molar refractivity (Wildman–Crippen MR) is 72.7 cm³/mol. The normalized spacial score (nSPS) is 24.9. The Morgan fingerprint density at radius 2 is 1.95 bits per heavy atom. The molecule has 2 N–H and O–H groups in total. The monoisotopic (exact) mass is 268 g/mol. The highest BCUT2D eigenvalue weighted by molar-refractivity contribution is 5.25. The summed E-state index contributed by atoms with van der Waals surface area (Å²) in [6.45, 7) is 5.45. The van der Waals surface area contributed by atoms with Crippen molar-refractivity contribution in [3.05, 3.63) is 35.4 Å². The third kappa shape index (κ3) is 2.79. The fraction of sp³-hybridized carbons (Fsp3) is 0.600. The van der Waals surface area contributed by atoms with E-state index in [9.17, 15) is 8.78 Å². The lowest BCUT2D eigenvalue weighted by Crippen LogP contribution is -2.45. The standard InChI is InChI=1S/C15H22F2N2/c1-10(2)19-8-4-5-11(9-18)15(19)14-12(16)6-3-7-13(14)17/h3,6-7,10-11,15H,4-5,8-9,18H2,1-2H3. The number of benzene rings is 1. The summed E-state index contributed by atoms with van der Waals surface area (Å²) in [5.41, 5.74) is 6.01. The zero-order chi connectivity index (χ0) is 14.0. The molecule has 19 heavy (non-hydrogen) atoms. The van der Waals surface area contributed by atoms with E-state index in [4.69, 9.17) is 5.73 Å². The number of halogens is 2. The second-order valence-electron chi connectivity index (χ2n) is 5.55. The lowest BCUT2D eigenvalue weighted by Gasteiger charge is -2.43. The summed E-state index contributed by atoms with van der Waals surface area (Å²) in [7, 11) is 0. The van der Waals surface area contributed by atoms with Crippen molar-refractivity contribution >= 4 is 0 Å². The minimum atomic E-state index is -0.462. The van der Waals surface area contributed by atoms with Crippen LogP contribution in [0.15, 0.2) is 18.2 Å². The number of nitrogens with two attached hydrogens (primary N) is 1. The number of nitrogens with zero attached hydrogens (tertiary/aromatic N) is 1. The Morgan fingerprint density at radius 1 is 1.32 bits per heavy atom. The fourth-order valence-electron chi connectivity index (χ4n) is 3.12. The molecule has 0 radical (unpaired) electrons. The van der Waals surface area contributed by atoms with Gasteiger partial charge in [-0.25, -0.2) is 8.78 Å². The maximum Gasteiger partial charge on any atom is 0.130 e. The minimum absolute atomic E-state index is 0.113. The van der Waals surface area contributed by atoms with Gasteiger partial charge < -0.3 is 5.73 Å². The second kappa shape index (κ2) is 5.97. The van der Waals surface area contributed by atoms with Crippen LogP contribution in [0.5, 0.6) is 0 Å². The second-order valence-corrected chi connectivity index (χ2v) is 5.55. The largest absolute Gasteiger partial charge is 0.330 e. The van der Waals surface area contributed by atoms with Gasteiger partial charge in [0.2, 0.25) is 0 Å². The van der Waals surface area contributed by atoms with Crippen LogP contribution in [0.2, 0.25) is 0 Å². The molecule has 4 heteroatoms. The van der Waals surface area contributed by atoms with Gasteiger partial charge in [0.15, 0.2) is 0 Å². The average molecular weight is 268 g/mol. The first-order valence-electron chi connectivity index (χ1n) is 6.96. The van der Waals surface area contributed by atoms with Crippen LogP contribution < -0.4 is 5.73 Å². The molecular formula is C15H22F2N2. The Bertz CT molecular complexity index is 414. The van der Waals surface area contributed by atoms with Gasteiger partial charge in [-0.2, -0.15) is 0 Å². The van der Waals surface area contributed by atoms with E-state index in [1.165, 1.54) is 18.2 Å². The van der Waals surface area contributed by atoms with Crippen LogP contribution in [-0.2, 0) is 0 Å². The van der Waals surface area contributed by atoms with Gasteiger partial charge in [0, 0.05) is 17.6 Å². The first kappa shape index (κ1) is 14.4. The third-order valence-electron chi connectivity index (χ3n) is 4.06. The van der Waals surface area contributed by atoms with Gasteiger partial charge in [-0.1, -0.05) is 6.07 Å². The molecule has 1 aromatic rings. The van der Waals surface area contributed by atoms with Crippen molar-refractivity contribution in [1.29, 1.82) is 0 Å². The van der Waals surface area contributed by atoms with Crippen LogP contribution in [0.3, 0.4) is 0 Å². The molecule has 0 aromatic heterocycles. The molecule has 1 heterocycles. The number of rotatable bonds is 3. The lowest BCUT2D eigenvalue weighted by molar-refractivity contribution is 0.0617. The van der Waals surface area contributed by atoms with Crippen LogP contribution in [0.25, 0.3) is 0 Å². The summed E-state index contributed by atoms with van der Waals surface area (Å²) in [4.78, 5) is 2.17. The molecule has 1 aromatic carbocycles. The summed E-state index contributed by atoms with van der Waals surface area (Å²) in [6.07, 6.45) is 1.96. The molecule has 0 spiro atoms. The average Bonchev–Trinajstić information content (AvgIpc) is 2.38. The van der Waals surface area contributed by atoms with E-state index in [1.807, 2.05) is 0 Å². The highest BCUT2D eigenvalue weighted by Crippen LogP contribution is 2.38. The summed E-state index contributed by atoms with van der Waals surface area (Å²) in [5.74, 6) is -0.811. The molecule has 0 saturated carbocycles. The maximum atomic E-state index is 14.1. The van der Waals surface area contributed by atoms with Gasteiger partial charge in [0.1, 0.15) is 11.6 Å². The summed E-state index contributed by atoms with van der Waals surface area (Å²) < 4.78 is 28.1. The molecule has 106 valence electrons. The zero-order valence-corrected chi connectivity index (χ0v) is 11.6. The van der Waals surface area contributed by atoms with E-state index in [1.54, 1.807) is 0 Å². The van der Waals surface area contributed by atoms with Crippen LogP contribution >= 0.6 is 0 Å². The number of likely N-dealkylation sites (tertiary alicyclic amines) is 1. The Balaban J connectivity index is 2.45. The van der Waals surface area contributed by atoms with Crippen LogP contribution in [-0.4, -0.2) is 24.0 Å². The molecule has 2 unspecified atom stereocenters. The molecule has 1 aliphatic heterocycles. The van der Waals surface area contributed by atoms with E-state index < -0.39 is 11.6 Å². The molecule has 2 atom stereocenters.